The van der Waals surface area contributed by atoms with Gasteiger partial charge in [-0.25, -0.2) is 8.42 Å². The normalized spacial score (nSPS) is 18.5. The van der Waals surface area contributed by atoms with Crippen LogP contribution in [-0.4, -0.2) is 38.9 Å². The topological polar surface area (TPSA) is 49.4 Å². The number of nitrogens with zero attached hydrogens (tertiary/aromatic N) is 1. The SMILES string of the molecule is CN(C1CCNCC1)S(=O)(=O)c1ccccc1. The second kappa shape index (κ2) is 5.16. The van der Waals surface area contributed by atoms with Crippen LogP contribution in [0.15, 0.2) is 35.2 Å². The largest absolute Gasteiger partial charge is 0.317 e. The second-order valence-corrected chi connectivity index (χ2v) is 6.31. The summed E-state index contributed by atoms with van der Waals surface area (Å²) < 4.78 is 26.2. The van der Waals surface area contributed by atoms with Crippen LogP contribution in [0.25, 0.3) is 0 Å². The van der Waals surface area contributed by atoms with Gasteiger partial charge in [0.2, 0.25) is 10.0 Å². The van der Waals surface area contributed by atoms with E-state index in [1.54, 1.807) is 31.3 Å². The Labute approximate surface area is 103 Å². The number of sulfonamides is 1. The maximum atomic E-state index is 12.3. The van der Waals surface area contributed by atoms with E-state index in [2.05, 4.69) is 5.32 Å². The van der Waals surface area contributed by atoms with Crippen LogP contribution in [0.1, 0.15) is 12.8 Å². The van der Waals surface area contributed by atoms with E-state index in [9.17, 15) is 8.42 Å². The quantitative estimate of drug-likeness (QED) is 0.877. The molecule has 2 rings (SSSR count). The Kier molecular flexibility index (Phi) is 3.81. The average Bonchev–Trinajstić information content (AvgIpc) is 2.40. The number of rotatable bonds is 3. The van der Waals surface area contributed by atoms with Crippen molar-refractivity contribution < 1.29 is 8.42 Å². The van der Waals surface area contributed by atoms with Crippen molar-refractivity contribution in [2.45, 2.75) is 23.8 Å². The lowest BCUT2D eigenvalue weighted by molar-refractivity contribution is 0.296. The summed E-state index contributed by atoms with van der Waals surface area (Å²) in [7, 11) is -1.65. The Morgan fingerprint density at radius 2 is 1.76 bits per heavy atom. The predicted molar refractivity (Wildman–Crippen MR) is 67.3 cm³/mol. The lowest BCUT2D eigenvalue weighted by atomic mass is 10.1. The van der Waals surface area contributed by atoms with E-state index in [0.717, 1.165) is 25.9 Å². The molecule has 94 valence electrons. The average molecular weight is 254 g/mol. The zero-order valence-corrected chi connectivity index (χ0v) is 10.8. The molecule has 0 unspecified atom stereocenters. The zero-order valence-electron chi connectivity index (χ0n) is 9.96. The lowest BCUT2D eigenvalue weighted by Crippen LogP contribution is -2.43. The Bertz CT molecular complexity index is 453. The van der Waals surface area contributed by atoms with Crippen molar-refractivity contribution in [2.24, 2.45) is 0 Å². The minimum atomic E-state index is -3.33. The second-order valence-electron chi connectivity index (χ2n) is 4.32. The van der Waals surface area contributed by atoms with Crippen LogP contribution < -0.4 is 5.32 Å². The highest BCUT2D eigenvalue weighted by Gasteiger charge is 2.28. The van der Waals surface area contributed by atoms with E-state index in [0.29, 0.717) is 4.90 Å². The van der Waals surface area contributed by atoms with Gasteiger partial charge in [0.1, 0.15) is 0 Å². The fourth-order valence-electron chi connectivity index (χ4n) is 2.13. The van der Waals surface area contributed by atoms with Gasteiger partial charge in [-0.2, -0.15) is 4.31 Å². The van der Waals surface area contributed by atoms with E-state index < -0.39 is 10.0 Å². The summed E-state index contributed by atoms with van der Waals surface area (Å²) in [5.74, 6) is 0. The van der Waals surface area contributed by atoms with Crippen molar-refractivity contribution >= 4 is 10.0 Å². The number of hydrogen-bond acceptors (Lipinski definition) is 3. The third-order valence-corrected chi connectivity index (χ3v) is 5.17. The predicted octanol–water partition coefficient (Wildman–Crippen LogP) is 1.06. The van der Waals surface area contributed by atoms with Crippen LogP contribution >= 0.6 is 0 Å². The van der Waals surface area contributed by atoms with Crippen LogP contribution in [0, 0.1) is 0 Å². The highest BCUT2D eigenvalue weighted by Crippen LogP contribution is 2.20. The van der Waals surface area contributed by atoms with Gasteiger partial charge in [0.25, 0.3) is 0 Å². The molecule has 0 aromatic heterocycles. The molecule has 0 aliphatic carbocycles. The van der Waals surface area contributed by atoms with Crippen molar-refractivity contribution in [3.63, 3.8) is 0 Å². The number of piperidine rings is 1. The van der Waals surface area contributed by atoms with E-state index >= 15 is 0 Å². The summed E-state index contributed by atoms with van der Waals surface area (Å²) in [4.78, 5) is 0.376. The fraction of sp³-hybridized carbons (Fsp3) is 0.500. The summed E-state index contributed by atoms with van der Waals surface area (Å²) in [6.07, 6.45) is 1.76. The maximum Gasteiger partial charge on any atom is 0.243 e. The van der Waals surface area contributed by atoms with Crippen LogP contribution in [0.2, 0.25) is 0 Å². The van der Waals surface area contributed by atoms with Crippen LogP contribution in [-0.2, 0) is 10.0 Å². The first kappa shape index (κ1) is 12.5. The molecule has 5 heteroatoms. The molecule has 0 radical (unpaired) electrons. The summed E-state index contributed by atoms with van der Waals surface area (Å²) in [6.45, 7) is 1.78. The van der Waals surface area contributed by atoms with Gasteiger partial charge in [-0.05, 0) is 38.1 Å². The highest BCUT2D eigenvalue weighted by atomic mass is 32.2. The Hall–Kier alpha value is -0.910. The number of hydrogen-bond donors (Lipinski definition) is 1. The van der Waals surface area contributed by atoms with Gasteiger partial charge in [-0.3, -0.25) is 0 Å². The monoisotopic (exact) mass is 254 g/mol. The van der Waals surface area contributed by atoms with Gasteiger partial charge in [0, 0.05) is 13.1 Å². The third kappa shape index (κ3) is 2.68. The Morgan fingerprint density at radius 1 is 1.18 bits per heavy atom. The molecule has 0 atom stereocenters. The van der Waals surface area contributed by atoms with Crippen LogP contribution in [0.5, 0.6) is 0 Å². The van der Waals surface area contributed by atoms with Crippen LogP contribution in [0.4, 0.5) is 0 Å². The molecule has 1 aromatic carbocycles. The molecule has 1 aliphatic heterocycles. The molecule has 0 spiro atoms. The minimum Gasteiger partial charge on any atom is -0.317 e. The summed E-state index contributed by atoms with van der Waals surface area (Å²) in [5.41, 5.74) is 0. The molecule has 1 aliphatic rings. The first-order valence-corrected chi connectivity index (χ1v) is 7.30. The molecule has 1 heterocycles. The van der Waals surface area contributed by atoms with Gasteiger partial charge in [-0.15, -0.1) is 0 Å². The molecule has 0 amide bonds. The number of benzene rings is 1. The van der Waals surface area contributed by atoms with Gasteiger partial charge in [0.05, 0.1) is 4.90 Å². The molecule has 17 heavy (non-hydrogen) atoms. The third-order valence-electron chi connectivity index (χ3n) is 3.24. The molecule has 1 aromatic rings. The van der Waals surface area contributed by atoms with Crippen molar-refractivity contribution in [1.82, 2.24) is 9.62 Å². The molecule has 1 N–H and O–H groups in total. The Morgan fingerprint density at radius 3 is 2.35 bits per heavy atom. The molecule has 1 saturated heterocycles. The van der Waals surface area contributed by atoms with E-state index in [-0.39, 0.29) is 6.04 Å². The molecule has 0 bridgehead atoms. The van der Waals surface area contributed by atoms with Crippen molar-refractivity contribution in [3.05, 3.63) is 30.3 Å². The van der Waals surface area contributed by atoms with E-state index in [1.165, 1.54) is 4.31 Å². The van der Waals surface area contributed by atoms with Gasteiger partial charge >= 0.3 is 0 Å². The minimum absolute atomic E-state index is 0.112. The van der Waals surface area contributed by atoms with Crippen molar-refractivity contribution in [3.8, 4) is 0 Å². The first-order valence-electron chi connectivity index (χ1n) is 5.86. The van der Waals surface area contributed by atoms with Crippen LogP contribution in [0.3, 0.4) is 0 Å². The summed E-state index contributed by atoms with van der Waals surface area (Å²) in [5, 5.41) is 3.24. The summed E-state index contributed by atoms with van der Waals surface area (Å²) in [6, 6.07) is 8.73. The fourth-order valence-corrected chi connectivity index (χ4v) is 3.56. The molecular formula is C12H18N2O2S. The smallest absolute Gasteiger partial charge is 0.243 e. The zero-order chi connectivity index (χ0) is 12.3. The standard InChI is InChI=1S/C12H18N2O2S/c1-14(11-7-9-13-10-8-11)17(15,16)12-5-3-2-4-6-12/h2-6,11,13H,7-10H2,1H3. The van der Waals surface area contributed by atoms with Gasteiger partial charge in [-0.1, -0.05) is 18.2 Å². The van der Waals surface area contributed by atoms with Crippen molar-refractivity contribution in [1.29, 1.82) is 0 Å². The van der Waals surface area contributed by atoms with Crippen molar-refractivity contribution in [2.75, 3.05) is 20.1 Å². The van der Waals surface area contributed by atoms with E-state index in [4.69, 9.17) is 0 Å². The molecule has 0 saturated carbocycles. The highest BCUT2D eigenvalue weighted by molar-refractivity contribution is 7.89. The molecule has 1 fully saturated rings. The lowest BCUT2D eigenvalue weighted by Gasteiger charge is -2.30. The van der Waals surface area contributed by atoms with Gasteiger partial charge < -0.3 is 5.32 Å². The molecular weight excluding hydrogens is 236 g/mol. The van der Waals surface area contributed by atoms with Gasteiger partial charge in [0.15, 0.2) is 0 Å². The first-order chi connectivity index (χ1) is 8.12. The Balaban J connectivity index is 2.20. The summed E-state index contributed by atoms with van der Waals surface area (Å²) >= 11 is 0. The molecule has 4 nitrogen and oxygen atoms in total. The number of nitrogens with one attached hydrogen (secondary N) is 1. The maximum absolute atomic E-state index is 12.3. The van der Waals surface area contributed by atoms with E-state index in [1.807, 2.05) is 6.07 Å².